The number of carbonyl (C=O) groups is 1. The van der Waals surface area contributed by atoms with E-state index in [4.69, 9.17) is 11.6 Å². The van der Waals surface area contributed by atoms with Crippen LogP contribution in [0.2, 0.25) is 5.02 Å². The summed E-state index contributed by atoms with van der Waals surface area (Å²) in [6.45, 7) is 4.38. The largest absolute Gasteiger partial charge is 0.352 e. The molecule has 2 unspecified atom stereocenters. The summed E-state index contributed by atoms with van der Waals surface area (Å²) in [6.07, 6.45) is 4.65. The van der Waals surface area contributed by atoms with Crippen molar-refractivity contribution in [2.24, 2.45) is 5.92 Å². The molecular weight excluding hydrogens is 386 g/mol. The zero-order valence-electron chi connectivity index (χ0n) is 15.7. The number of rotatable bonds is 5. The van der Waals surface area contributed by atoms with Gasteiger partial charge in [-0.1, -0.05) is 37.4 Å². The zero-order valence-corrected chi connectivity index (χ0v) is 17.3. The van der Waals surface area contributed by atoms with Crippen molar-refractivity contribution in [1.82, 2.24) is 14.5 Å². The van der Waals surface area contributed by atoms with Gasteiger partial charge >= 0.3 is 0 Å². The highest BCUT2D eigenvalue weighted by atomic mass is 35.5. The minimum Gasteiger partial charge on any atom is -0.352 e. The van der Waals surface area contributed by atoms with E-state index in [2.05, 4.69) is 12.2 Å². The first-order valence-electron chi connectivity index (χ1n) is 9.64. The van der Waals surface area contributed by atoms with E-state index in [1.807, 2.05) is 4.90 Å². The third-order valence-corrected chi connectivity index (χ3v) is 7.72. The molecule has 2 aliphatic rings. The summed E-state index contributed by atoms with van der Waals surface area (Å²) in [4.78, 5) is 14.6. The second-order valence-corrected chi connectivity index (χ2v) is 9.95. The van der Waals surface area contributed by atoms with Crippen LogP contribution >= 0.6 is 11.6 Å². The van der Waals surface area contributed by atoms with Crippen LogP contribution in [0.1, 0.15) is 32.6 Å². The van der Waals surface area contributed by atoms with Gasteiger partial charge in [-0.05, 0) is 37.0 Å². The SMILES string of the molecule is CC1CCCCC1NC(=O)CN1CCN(S(=O)(=O)c2cccc(Cl)c2)CC1. The second-order valence-electron chi connectivity index (χ2n) is 7.57. The van der Waals surface area contributed by atoms with Gasteiger partial charge in [0, 0.05) is 37.2 Å². The number of hydrogen-bond acceptors (Lipinski definition) is 4. The Labute approximate surface area is 166 Å². The van der Waals surface area contributed by atoms with Crippen molar-refractivity contribution in [3.05, 3.63) is 29.3 Å². The maximum Gasteiger partial charge on any atom is 0.243 e. The number of sulfonamides is 1. The van der Waals surface area contributed by atoms with Crippen molar-refractivity contribution in [2.75, 3.05) is 32.7 Å². The van der Waals surface area contributed by atoms with Crippen LogP contribution in [0.4, 0.5) is 0 Å². The fraction of sp³-hybridized carbons (Fsp3) is 0.632. The van der Waals surface area contributed by atoms with Crippen LogP contribution in [-0.2, 0) is 14.8 Å². The lowest BCUT2D eigenvalue weighted by Crippen LogP contribution is -2.52. The average molecular weight is 414 g/mol. The Morgan fingerprint density at radius 1 is 1.19 bits per heavy atom. The van der Waals surface area contributed by atoms with Crippen molar-refractivity contribution in [1.29, 1.82) is 0 Å². The molecule has 2 fully saturated rings. The molecule has 8 heteroatoms. The van der Waals surface area contributed by atoms with E-state index in [1.165, 1.54) is 29.6 Å². The van der Waals surface area contributed by atoms with Crippen LogP contribution < -0.4 is 5.32 Å². The molecule has 0 radical (unpaired) electrons. The molecule has 6 nitrogen and oxygen atoms in total. The average Bonchev–Trinajstić information content (AvgIpc) is 2.64. The van der Waals surface area contributed by atoms with Gasteiger partial charge in [0.15, 0.2) is 0 Å². The van der Waals surface area contributed by atoms with Crippen LogP contribution in [-0.4, -0.2) is 62.3 Å². The maximum atomic E-state index is 12.7. The van der Waals surface area contributed by atoms with Crippen LogP contribution in [0, 0.1) is 5.92 Å². The molecular formula is C19H28ClN3O3S. The van der Waals surface area contributed by atoms with Gasteiger partial charge < -0.3 is 5.32 Å². The number of benzene rings is 1. The minimum atomic E-state index is -3.54. The molecule has 27 heavy (non-hydrogen) atoms. The van der Waals surface area contributed by atoms with Crippen molar-refractivity contribution in [2.45, 2.75) is 43.5 Å². The highest BCUT2D eigenvalue weighted by Crippen LogP contribution is 2.24. The molecule has 1 N–H and O–H groups in total. The quantitative estimate of drug-likeness (QED) is 0.804. The standard InChI is InChI=1S/C19H28ClN3O3S/c1-15-5-2-3-8-18(15)21-19(24)14-22-9-11-23(12-10-22)27(25,26)17-7-4-6-16(20)13-17/h4,6-7,13,15,18H,2-3,5,8-12,14H2,1H3,(H,21,24). The van der Waals surface area contributed by atoms with E-state index in [1.54, 1.807) is 18.2 Å². The number of nitrogens with zero attached hydrogens (tertiary/aromatic N) is 2. The summed E-state index contributed by atoms with van der Waals surface area (Å²) in [5, 5.41) is 3.57. The minimum absolute atomic E-state index is 0.0416. The highest BCUT2D eigenvalue weighted by molar-refractivity contribution is 7.89. The number of halogens is 1. The Bertz CT molecular complexity index is 763. The van der Waals surface area contributed by atoms with E-state index in [0.717, 1.165) is 6.42 Å². The van der Waals surface area contributed by atoms with Crippen LogP contribution in [0.3, 0.4) is 0 Å². The Balaban J connectivity index is 1.50. The number of amides is 1. The molecule has 1 aromatic rings. The van der Waals surface area contributed by atoms with E-state index in [-0.39, 0.29) is 16.8 Å². The second kappa shape index (κ2) is 8.90. The Kier molecular flexibility index (Phi) is 6.78. The molecule has 1 saturated heterocycles. The molecule has 1 aliphatic carbocycles. The number of nitrogens with one attached hydrogen (secondary N) is 1. The summed E-state index contributed by atoms with van der Waals surface area (Å²) >= 11 is 5.92. The fourth-order valence-electron chi connectivity index (χ4n) is 3.89. The molecule has 1 amide bonds. The lowest BCUT2D eigenvalue weighted by Gasteiger charge is -2.34. The molecule has 1 aromatic carbocycles. The number of piperazine rings is 1. The monoisotopic (exact) mass is 413 g/mol. The summed E-state index contributed by atoms with van der Waals surface area (Å²) in [6, 6.07) is 6.61. The molecule has 3 rings (SSSR count). The highest BCUT2D eigenvalue weighted by Gasteiger charge is 2.30. The smallest absolute Gasteiger partial charge is 0.243 e. The molecule has 150 valence electrons. The number of hydrogen-bond donors (Lipinski definition) is 1. The molecule has 0 aromatic heterocycles. The van der Waals surface area contributed by atoms with E-state index >= 15 is 0 Å². The summed E-state index contributed by atoms with van der Waals surface area (Å²) in [5.41, 5.74) is 0. The van der Waals surface area contributed by atoms with Crippen molar-refractivity contribution >= 4 is 27.5 Å². The van der Waals surface area contributed by atoms with Gasteiger partial charge in [-0.25, -0.2) is 8.42 Å². The molecule has 1 heterocycles. The fourth-order valence-corrected chi connectivity index (χ4v) is 5.61. The van der Waals surface area contributed by atoms with Gasteiger partial charge in [0.1, 0.15) is 0 Å². The first-order chi connectivity index (χ1) is 12.9. The summed E-state index contributed by atoms with van der Waals surface area (Å²) < 4.78 is 26.9. The summed E-state index contributed by atoms with van der Waals surface area (Å²) in [5.74, 6) is 0.572. The topological polar surface area (TPSA) is 69.7 Å². The molecule has 0 spiro atoms. The third kappa shape index (κ3) is 5.22. The van der Waals surface area contributed by atoms with Crippen LogP contribution in [0.25, 0.3) is 0 Å². The van der Waals surface area contributed by atoms with Crippen LogP contribution in [0.5, 0.6) is 0 Å². The molecule has 1 saturated carbocycles. The number of carbonyl (C=O) groups excluding carboxylic acids is 1. The van der Waals surface area contributed by atoms with E-state index < -0.39 is 10.0 Å². The molecule has 1 aliphatic heterocycles. The zero-order chi connectivity index (χ0) is 19.4. The van der Waals surface area contributed by atoms with Gasteiger partial charge in [0.25, 0.3) is 0 Å². The lowest BCUT2D eigenvalue weighted by molar-refractivity contribution is -0.123. The van der Waals surface area contributed by atoms with Gasteiger partial charge in [-0.15, -0.1) is 0 Å². The van der Waals surface area contributed by atoms with Gasteiger partial charge in [0.2, 0.25) is 15.9 Å². The normalized spacial score (nSPS) is 25.3. The van der Waals surface area contributed by atoms with Gasteiger partial charge in [0.05, 0.1) is 11.4 Å². The predicted molar refractivity (Wildman–Crippen MR) is 106 cm³/mol. The van der Waals surface area contributed by atoms with Gasteiger partial charge in [-0.3, -0.25) is 9.69 Å². The van der Waals surface area contributed by atoms with E-state index in [9.17, 15) is 13.2 Å². The molecule has 0 bridgehead atoms. The van der Waals surface area contributed by atoms with Crippen molar-refractivity contribution < 1.29 is 13.2 Å². The first kappa shape index (κ1) is 20.6. The van der Waals surface area contributed by atoms with Crippen molar-refractivity contribution in [3.63, 3.8) is 0 Å². The Morgan fingerprint density at radius 2 is 1.89 bits per heavy atom. The van der Waals surface area contributed by atoms with Gasteiger partial charge in [-0.2, -0.15) is 4.31 Å². The van der Waals surface area contributed by atoms with Crippen molar-refractivity contribution in [3.8, 4) is 0 Å². The maximum absolute atomic E-state index is 12.7. The Morgan fingerprint density at radius 3 is 2.56 bits per heavy atom. The predicted octanol–water partition coefficient (Wildman–Crippen LogP) is 2.34. The van der Waals surface area contributed by atoms with E-state index in [0.29, 0.717) is 43.7 Å². The summed E-state index contributed by atoms with van der Waals surface area (Å²) in [7, 11) is -3.54. The lowest BCUT2D eigenvalue weighted by atomic mass is 9.86. The first-order valence-corrected chi connectivity index (χ1v) is 11.5. The van der Waals surface area contributed by atoms with Crippen LogP contribution in [0.15, 0.2) is 29.2 Å². The molecule has 2 atom stereocenters. The third-order valence-electron chi connectivity index (χ3n) is 5.59. The Hall–Kier alpha value is -1.15.